The Balaban J connectivity index is 1.56. The van der Waals surface area contributed by atoms with Gasteiger partial charge in [0.2, 0.25) is 0 Å². The molecule has 4 rings (SSSR count). The van der Waals surface area contributed by atoms with Crippen molar-refractivity contribution in [2.75, 3.05) is 5.32 Å². The van der Waals surface area contributed by atoms with Gasteiger partial charge in [-0.05, 0) is 31.9 Å². The van der Waals surface area contributed by atoms with Gasteiger partial charge in [0.15, 0.2) is 5.76 Å². The van der Waals surface area contributed by atoms with Crippen molar-refractivity contribution in [1.82, 2.24) is 15.0 Å². The standard InChI is InChI=1S/C20H20N4O2/c1-14-18(19(26-23-14)15-7-3-2-4-8-15)22-20(25)24(17-10-11-17)13-16-9-5-6-12-21-16/h2-9,12,17H,10-11,13H2,1H3,(H,22,25). The second-order valence-electron chi connectivity index (χ2n) is 6.45. The van der Waals surface area contributed by atoms with Gasteiger partial charge in [0.1, 0.15) is 11.4 Å². The van der Waals surface area contributed by atoms with E-state index < -0.39 is 0 Å². The van der Waals surface area contributed by atoms with Gasteiger partial charge in [0.05, 0.1) is 12.2 Å². The van der Waals surface area contributed by atoms with Gasteiger partial charge < -0.3 is 14.7 Å². The molecule has 0 bridgehead atoms. The van der Waals surface area contributed by atoms with Gasteiger partial charge in [0.25, 0.3) is 0 Å². The summed E-state index contributed by atoms with van der Waals surface area (Å²) >= 11 is 0. The predicted octanol–water partition coefficient (Wildman–Crippen LogP) is 4.24. The van der Waals surface area contributed by atoms with Crippen molar-refractivity contribution in [2.45, 2.75) is 32.4 Å². The highest BCUT2D eigenvalue weighted by Crippen LogP contribution is 2.33. The van der Waals surface area contributed by atoms with Crippen LogP contribution < -0.4 is 5.32 Å². The molecule has 2 amide bonds. The molecule has 3 aromatic rings. The molecule has 0 atom stereocenters. The molecule has 0 unspecified atom stereocenters. The van der Waals surface area contributed by atoms with Crippen LogP contribution >= 0.6 is 0 Å². The largest absolute Gasteiger partial charge is 0.354 e. The molecule has 1 aliphatic carbocycles. The zero-order chi connectivity index (χ0) is 17.9. The van der Waals surface area contributed by atoms with Crippen molar-refractivity contribution >= 4 is 11.7 Å². The number of hydrogen-bond acceptors (Lipinski definition) is 4. The van der Waals surface area contributed by atoms with Crippen LogP contribution in [0.2, 0.25) is 0 Å². The Morgan fingerprint density at radius 1 is 1.19 bits per heavy atom. The lowest BCUT2D eigenvalue weighted by molar-refractivity contribution is 0.205. The number of urea groups is 1. The maximum Gasteiger partial charge on any atom is 0.322 e. The highest BCUT2D eigenvalue weighted by atomic mass is 16.5. The molecule has 1 fully saturated rings. The third-order valence-corrected chi connectivity index (χ3v) is 4.44. The van der Waals surface area contributed by atoms with Crippen LogP contribution in [0.3, 0.4) is 0 Å². The minimum atomic E-state index is -0.151. The SMILES string of the molecule is Cc1noc(-c2ccccc2)c1NC(=O)N(Cc1ccccn1)C1CC1. The number of anilines is 1. The van der Waals surface area contributed by atoms with Crippen molar-refractivity contribution in [2.24, 2.45) is 0 Å². The molecule has 1 aromatic carbocycles. The maximum absolute atomic E-state index is 12.9. The molecule has 132 valence electrons. The smallest absolute Gasteiger partial charge is 0.322 e. The number of benzene rings is 1. The lowest BCUT2D eigenvalue weighted by atomic mass is 10.1. The van der Waals surface area contributed by atoms with Gasteiger partial charge in [-0.25, -0.2) is 4.79 Å². The summed E-state index contributed by atoms with van der Waals surface area (Å²) in [5, 5.41) is 7.03. The molecular formula is C20H20N4O2. The van der Waals surface area contributed by atoms with Gasteiger partial charge in [-0.3, -0.25) is 4.98 Å². The molecule has 0 aliphatic heterocycles. The van der Waals surface area contributed by atoms with E-state index in [1.54, 1.807) is 6.20 Å². The third-order valence-electron chi connectivity index (χ3n) is 4.44. The second kappa shape index (κ2) is 7.00. The first-order chi connectivity index (χ1) is 12.7. The fourth-order valence-electron chi connectivity index (χ4n) is 2.90. The molecule has 1 saturated carbocycles. The van der Waals surface area contributed by atoms with Crippen LogP contribution in [0.15, 0.2) is 59.3 Å². The number of hydrogen-bond donors (Lipinski definition) is 1. The van der Waals surface area contributed by atoms with Gasteiger partial charge >= 0.3 is 6.03 Å². The summed E-state index contributed by atoms with van der Waals surface area (Å²) in [5.41, 5.74) is 3.03. The Morgan fingerprint density at radius 2 is 1.96 bits per heavy atom. The predicted molar refractivity (Wildman–Crippen MR) is 98.5 cm³/mol. The fraction of sp³-hybridized carbons (Fsp3) is 0.250. The summed E-state index contributed by atoms with van der Waals surface area (Å²) in [6.45, 7) is 2.31. The number of amides is 2. The van der Waals surface area contributed by atoms with Crippen LogP contribution in [0.25, 0.3) is 11.3 Å². The number of carbonyl (C=O) groups is 1. The van der Waals surface area contributed by atoms with E-state index in [0.717, 1.165) is 24.1 Å². The van der Waals surface area contributed by atoms with E-state index in [1.807, 2.05) is 60.4 Å². The quantitative estimate of drug-likeness (QED) is 0.748. The summed E-state index contributed by atoms with van der Waals surface area (Å²) < 4.78 is 5.46. The Bertz CT molecular complexity index is 889. The van der Waals surface area contributed by atoms with Gasteiger partial charge in [0, 0.05) is 17.8 Å². The van der Waals surface area contributed by atoms with Gasteiger partial charge in [-0.1, -0.05) is 41.6 Å². The molecule has 2 aromatic heterocycles. The normalized spacial score (nSPS) is 13.4. The minimum Gasteiger partial charge on any atom is -0.354 e. The van der Waals surface area contributed by atoms with E-state index >= 15 is 0 Å². The Kier molecular flexibility index (Phi) is 4.39. The lowest BCUT2D eigenvalue weighted by Gasteiger charge is -2.22. The van der Waals surface area contributed by atoms with Crippen LogP contribution in [-0.2, 0) is 6.54 Å². The van der Waals surface area contributed by atoms with Crippen molar-refractivity contribution in [3.63, 3.8) is 0 Å². The average molecular weight is 348 g/mol. The fourth-order valence-corrected chi connectivity index (χ4v) is 2.90. The van der Waals surface area contributed by atoms with Crippen molar-refractivity contribution in [3.8, 4) is 11.3 Å². The summed E-state index contributed by atoms with van der Waals surface area (Å²) in [4.78, 5) is 19.1. The summed E-state index contributed by atoms with van der Waals surface area (Å²) in [7, 11) is 0. The molecule has 1 N–H and O–H groups in total. The molecule has 26 heavy (non-hydrogen) atoms. The van der Waals surface area contributed by atoms with Crippen LogP contribution in [-0.4, -0.2) is 27.1 Å². The lowest BCUT2D eigenvalue weighted by Crippen LogP contribution is -2.36. The zero-order valence-electron chi connectivity index (χ0n) is 14.6. The monoisotopic (exact) mass is 348 g/mol. The Labute approximate surface area is 151 Å². The van der Waals surface area contributed by atoms with Gasteiger partial charge in [-0.15, -0.1) is 0 Å². The molecule has 0 spiro atoms. The van der Waals surface area contributed by atoms with Crippen molar-refractivity contribution < 1.29 is 9.32 Å². The molecule has 0 saturated heterocycles. The van der Waals surface area contributed by atoms with Gasteiger partial charge in [-0.2, -0.15) is 0 Å². The highest BCUT2D eigenvalue weighted by Gasteiger charge is 2.33. The first kappa shape index (κ1) is 16.3. The number of pyridine rings is 1. The molecule has 0 radical (unpaired) electrons. The molecule has 6 nitrogen and oxygen atoms in total. The summed E-state index contributed by atoms with van der Waals surface area (Å²) in [6.07, 6.45) is 3.79. The van der Waals surface area contributed by atoms with E-state index in [0.29, 0.717) is 23.7 Å². The first-order valence-corrected chi connectivity index (χ1v) is 8.71. The van der Waals surface area contributed by atoms with Crippen LogP contribution in [0.1, 0.15) is 24.2 Å². The molecule has 1 aliphatic rings. The number of carbonyl (C=O) groups excluding carboxylic acids is 1. The van der Waals surface area contributed by atoms with Crippen molar-refractivity contribution in [1.29, 1.82) is 0 Å². The summed E-state index contributed by atoms with van der Waals surface area (Å²) in [6, 6.07) is 15.5. The molecule has 6 heteroatoms. The number of nitrogens with one attached hydrogen (secondary N) is 1. The second-order valence-corrected chi connectivity index (χ2v) is 6.45. The third kappa shape index (κ3) is 3.44. The Hall–Kier alpha value is -3.15. The number of aromatic nitrogens is 2. The molecular weight excluding hydrogens is 328 g/mol. The first-order valence-electron chi connectivity index (χ1n) is 8.71. The van der Waals surface area contributed by atoms with Crippen LogP contribution in [0, 0.1) is 6.92 Å². The van der Waals surface area contributed by atoms with Crippen molar-refractivity contribution in [3.05, 3.63) is 66.1 Å². The average Bonchev–Trinajstić information content (AvgIpc) is 3.46. The highest BCUT2D eigenvalue weighted by molar-refractivity contribution is 5.94. The van der Waals surface area contributed by atoms with E-state index in [2.05, 4.69) is 15.5 Å². The number of aryl methyl sites for hydroxylation is 1. The van der Waals surface area contributed by atoms with E-state index in [4.69, 9.17) is 4.52 Å². The topological polar surface area (TPSA) is 71.3 Å². The minimum absolute atomic E-state index is 0.151. The van der Waals surface area contributed by atoms with E-state index in [-0.39, 0.29) is 12.1 Å². The Morgan fingerprint density at radius 3 is 2.65 bits per heavy atom. The van der Waals surface area contributed by atoms with E-state index in [1.165, 1.54) is 0 Å². The van der Waals surface area contributed by atoms with Crippen LogP contribution in [0.5, 0.6) is 0 Å². The number of nitrogens with zero attached hydrogens (tertiary/aromatic N) is 3. The zero-order valence-corrected chi connectivity index (χ0v) is 14.6. The summed E-state index contributed by atoms with van der Waals surface area (Å²) in [5.74, 6) is 0.574. The number of rotatable bonds is 5. The molecule has 2 heterocycles. The maximum atomic E-state index is 12.9. The van der Waals surface area contributed by atoms with Crippen LogP contribution in [0.4, 0.5) is 10.5 Å². The van der Waals surface area contributed by atoms with E-state index in [9.17, 15) is 4.79 Å².